The van der Waals surface area contributed by atoms with Crippen molar-refractivity contribution in [2.24, 2.45) is 0 Å². The van der Waals surface area contributed by atoms with Crippen LogP contribution in [0.5, 0.6) is 0 Å². The molecule has 1 aromatic heterocycles. The van der Waals surface area contributed by atoms with Gasteiger partial charge >= 0.3 is 5.97 Å². The van der Waals surface area contributed by atoms with Crippen molar-refractivity contribution in [1.82, 2.24) is 9.88 Å². The van der Waals surface area contributed by atoms with Gasteiger partial charge in [-0.2, -0.15) is 0 Å². The quantitative estimate of drug-likeness (QED) is 0.747. The molecule has 1 amide bonds. The number of hydrogen-bond acceptors (Lipinski definition) is 4. The van der Waals surface area contributed by atoms with E-state index >= 15 is 0 Å². The number of nitrogens with zero attached hydrogens (tertiary/aromatic N) is 2. The summed E-state index contributed by atoms with van der Waals surface area (Å²) in [7, 11) is 0. The van der Waals surface area contributed by atoms with Gasteiger partial charge in [-0.3, -0.25) is 9.59 Å². The van der Waals surface area contributed by atoms with E-state index in [-0.39, 0.29) is 26.3 Å². The lowest BCUT2D eigenvalue weighted by Gasteiger charge is -2.28. The van der Waals surface area contributed by atoms with Gasteiger partial charge in [-0.15, -0.1) is 11.8 Å². The summed E-state index contributed by atoms with van der Waals surface area (Å²) in [6.45, 7) is 5.09. The molecule has 144 valence electrons. The Kier molecular flexibility index (Phi) is 7.02. The van der Waals surface area contributed by atoms with Crippen molar-refractivity contribution < 1.29 is 14.7 Å². The monoisotopic (exact) mass is 386 g/mol. The van der Waals surface area contributed by atoms with Crippen LogP contribution in [0.1, 0.15) is 43.6 Å². The Morgan fingerprint density at radius 1 is 1.30 bits per heavy atom. The van der Waals surface area contributed by atoms with E-state index in [2.05, 4.69) is 31.0 Å². The fourth-order valence-electron chi connectivity index (χ4n) is 3.08. The summed E-state index contributed by atoms with van der Waals surface area (Å²) in [4.78, 5) is 29.5. The lowest BCUT2D eigenvalue weighted by Crippen LogP contribution is -2.38. The molecule has 0 bridgehead atoms. The smallest absolute Gasteiger partial charge is 0.305 e. The Balaban J connectivity index is 0.00000261. The minimum absolute atomic E-state index is 0. The molecule has 0 spiro atoms. The van der Waals surface area contributed by atoms with E-state index in [4.69, 9.17) is 5.11 Å². The highest BCUT2D eigenvalue weighted by molar-refractivity contribution is 7.99. The normalized spacial score (nSPS) is 13.3. The van der Waals surface area contributed by atoms with Crippen molar-refractivity contribution in [2.45, 2.75) is 44.4 Å². The number of carbonyl (C=O) groups is 2. The predicted molar refractivity (Wildman–Crippen MR) is 109 cm³/mol. The average molecular weight is 387 g/mol. The second-order valence-corrected chi connectivity index (χ2v) is 8.15. The number of amides is 1. The number of carboxylic acid groups (broad SMARTS) is 1. The van der Waals surface area contributed by atoms with Crippen molar-refractivity contribution >= 4 is 23.6 Å². The van der Waals surface area contributed by atoms with Gasteiger partial charge in [0, 0.05) is 35.7 Å². The second-order valence-electron chi connectivity index (χ2n) is 6.58. The van der Waals surface area contributed by atoms with Gasteiger partial charge < -0.3 is 10.0 Å². The van der Waals surface area contributed by atoms with Crippen LogP contribution in [0.3, 0.4) is 0 Å². The average Bonchev–Trinajstić information content (AvgIpc) is 2.61. The third-order valence-corrected chi connectivity index (χ3v) is 5.32. The van der Waals surface area contributed by atoms with E-state index in [0.717, 1.165) is 28.1 Å². The third-order valence-electron chi connectivity index (χ3n) is 4.30. The third kappa shape index (κ3) is 4.89. The van der Waals surface area contributed by atoms with Crippen LogP contribution in [0, 0.1) is 0 Å². The number of carbonyl (C=O) groups excluding carboxylic acids is 1. The molecule has 0 fully saturated rings. The first-order chi connectivity index (χ1) is 12.5. The minimum Gasteiger partial charge on any atom is -0.481 e. The van der Waals surface area contributed by atoms with Crippen LogP contribution >= 0.6 is 11.8 Å². The molecule has 3 rings (SSSR count). The number of fused-ring (bicyclic) bond motifs is 1. The molecule has 1 aliphatic rings. The van der Waals surface area contributed by atoms with Gasteiger partial charge in [-0.1, -0.05) is 39.5 Å². The molecule has 0 saturated carbocycles. The van der Waals surface area contributed by atoms with Crippen LogP contribution in [0.2, 0.25) is 0 Å². The molecule has 5 nitrogen and oxygen atoms in total. The number of rotatable bonds is 6. The Morgan fingerprint density at radius 2 is 2.07 bits per heavy atom. The molecule has 0 radical (unpaired) electrons. The lowest BCUT2D eigenvalue weighted by atomic mass is 9.94. The van der Waals surface area contributed by atoms with Crippen LogP contribution in [0.25, 0.3) is 11.1 Å². The van der Waals surface area contributed by atoms with Crippen molar-refractivity contribution in [2.75, 3.05) is 13.1 Å². The maximum atomic E-state index is 12.6. The number of pyridine rings is 1. The molecule has 1 aliphatic heterocycles. The number of benzene rings is 1. The molecule has 1 N–H and O–H groups in total. The first-order valence-corrected chi connectivity index (χ1v) is 9.59. The zero-order valence-electron chi connectivity index (χ0n) is 14.9. The Bertz CT molecular complexity index is 836. The molecular weight excluding hydrogens is 360 g/mol. The molecule has 0 atom stereocenters. The van der Waals surface area contributed by atoms with Crippen LogP contribution in [-0.4, -0.2) is 45.2 Å². The summed E-state index contributed by atoms with van der Waals surface area (Å²) in [5, 5.41) is 10.3. The first-order valence-electron chi connectivity index (χ1n) is 8.71. The molecule has 1 aromatic carbocycles. The topological polar surface area (TPSA) is 70.5 Å². The van der Waals surface area contributed by atoms with Gasteiger partial charge in [0.1, 0.15) is 5.03 Å². The van der Waals surface area contributed by atoms with Gasteiger partial charge in [0.15, 0.2) is 0 Å². The van der Waals surface area contributed by atoms with Crippen molar-refractivity contribution in [1.29, 1.82) is 0 Å². The maximum absolute atomic E-state index is 12.6. The summed E-state index contributed by atoms with van der Waals surface area (Å²) < 4.78 is 0. The number of thioether (sulfide) groups is 1. The Morgan fingerprint density at radius 3 is 2.78 bits per heavy atom. The molecule has 2 heterocycles. The zero-order valence-corrected chi connectivity index (χ0v) is 15.8. The molecule has 0 aliphatic carbocycles. The number of aliphatic carboxylic acids is 1. The lowest BCUT2D eigenvalue weighted by molar-refractivity contribution is -0.137. The molecule has 0 unspecified atom stereocenters. The van der Waals surface area contributed by atoms with Crippen molar-refractivity contribution in [3.63, 3.8) is 0 Å². The fraction of sp³-hybridized carbons (Fsp3) is 0.381. The van der Waals surface area contributed by atoms with Crippen LogP contribution < -0.4 is 0 Å². The predicted octanol–water partition coefficient (Wildman–Crippen LogP) is 4.36. The van der Waals surface area contributed by atoms with E-state index in [1.54, 1.807) is 22.9 Å². The Labute approximate surface area is 164 Å². The molecular formula is C21H26N2O3S. The number of carboxylic acids is 1. The van der Waals surface area contributed by atoms with Crippen LogP contribution in [0.15, 0.2) is 41.6 Å². The highest BCUT2D eigenvalue weighted by Crippen LogP contribution is 2.33. The van der Waals surface area contributed by atoms with Crippen LogP contribution in [0.4, 0.5) is 0 Å². The van der Waals surface area contributed by atoms with Gasteiger partial charge in [0.2, 0.25) is 0 Å². The van der Waals surface area contributed by atoms with Crippen molar-refractivity contribution in [3.8, 4) is 11.1 Å². The van der Waals surface area contributed by atoms with E-state index < -0.39 is 5.97 Å². The van der Waals surface area contributed by atoms with Crippen LogP contribution in [-0.2, 0) is 11.2 Å². The molecule has 0 saturated heterocycles. The van der Waals surface area contributed by atoms with Gasteiger partial charge in [-0.25, -0.2) is 4.98 Å². The summed E-state index contributed by atoms with van der Waals surface area (Å²) in [5.41, 5.74) is 3.83. The first kappa shape index (κ1) is 21.0. The highest BCUT2D eigenvalue weighted by Gasteiger charge is 2.25. The maximum Gasteiger partial charge on any atom is 0.305 e. The summed E-state index contributed by atoms with van der Waals surface area (Å²) >= 11 is 1.73. The van der Waals surface area contributed by atoms with E-state index in [0.29, 0.717) is 17.4 Å². The second kappa shape index (κ2) is 9.04. The zero-order chi connectivity index (χ0) is 18.7. The number of hydrogen-bond donors (Lipinski definition) is 1. The van der Waals surface area contributed by atoms with Gasteiger partial charge in [0.05, 0.1) is 6.42 Å². The SMILES string of the molecule is C.CC(C)Sc1ncccc1-c1ccc2c(c1)CCN(CCC(=O)O)C2=O. The van der Waals surface area contributed by atoms with E-state index in [9.17, 15) is 9.59 Å². The summed E-state index contributed by atoms with van der Waals surface area (Å²) in [6.07, 6.45) is 2.52. The summed E-state index contributed by atoms with van der Waals surface area (Å²) in [6, 6.07) is 9.87. The molecule has 27 heavy (non-hydrogen) atoms. The number of aromatic nitrogens is 1. The highest BCUT2D eigenvalue weighted by atomic mass is 32.2. The van der Waals surface area contributed by atoms with E-state index in [1.807, 2.05) is 18.2 Å². The van der Waals surface area contributed by atoms with E-state index in [1.165, 1.54) is 0 Å². The molecule has 6 heteroatoms. The Hall–Kier alpha value is -2.34. The standard InChI is InChI=1S/C20H22N2O3S.CH4/c1-13(2)26-19-16(4-3-9-21-19)14-5-6-17-15(12-14)7-10-22(20(17)25)11-8-18(23)24;/h3-6,9,12-13H,7-8,10-11H2,1-2H3,(H,23,24);1H4. The van der Waals surface area contributed by atoms with Gasteiger partial charge in [0.25, 0.3) is 5.91 Å². The fourth-order valence-corrected chi connectivity index (χ4v) is 3.96. The summed E-state index contributed by atoms with van der Waals surface area (Å²) in [5.74, 6) is -0.965. The van der Waals surface area contributed by atoms with Gasteiger partial charge in [-0.05, 0) is 29.7 Å². The molecule has 2 aromatic rings. The largest absolute Gasteiger partial charge is 0.481 e. The minimum atomic E-state index is -0.884. The van der Waals surface area contributed by atoms with Crippen molar-refractivity contribution in [3.05, 3.63) is 47.7 Å².